The first-order valence-electron chi connectivity index (χ1n) is 2.42. The summed E-state index contributed by atoms with van der Waals surface area (Å²) >= 11 is 5.42. The van der Waals surface area contributed by atoms with E-state index in [1.807, 2.05) is 0 Å². The quantitative estimate of drug-likeness (QED) is 0.397. The van der Waals surface area contributed by atoms with Crippen molar-refractivity contribution in [1.29, 1.82) is 0 Å². The van der Waals surface area contributed by atoms with Crippen LogP contribution in [0.25, 0.3) is 0 Å². The van der Waals surface area contributed by atoms with Crippen molar-refractivity contribution in [3.63, 3.8) is 0 Å². The van der Waals surface area contributed by atoms with E-state index in [0.29, 0.717) is 0 Å². The van der Waals surface area contributed by atoms with Gasteiger partial charge < -0.3 is 16.7 Å². The van der Waals surface area contributed by atoms with Crippen LogP contribution in [-0.4, -0.2) is 4.98 Å². The Morgan fingerprint density at radius 3 is 2.70 bits per heavy atom. The molecule has 0 spiro atoms. The van der Waals surface area contributed by atoms with E-state index in [0.717, 1.165) is 0 Å². The van der Waals surface area contributed by atoms with E-state index >= 15 is 0 Å². The molecule has 0 radical (unpaired) electrons. The Bertz CT molecular complexity index is 237. The van der Waals surface area contributed by atoms with Crippen molar-refractivity contribution < 1.29 is 4.73 Å². The number of nitrogen functional groups attached to an aromatic ring is 2. The molecule has 6 heteroatoms. The first kappa shape index (κ1) is 6.88. The molecule has 1 aromatic heterocycles. The van der Waals surface area contributed by atoms with Gasteiger partial charge in [-0.1, -0.05) is 11.6 Å². The zero-order valence-corrected chi connectivity index (χ0v) is 5.67. The van der Waals surface area contributed by atoms with Crippen molar-refractivity contribution in [3.05, 3.63) is 16.4 Å². The minimum Gasteiger partial charge on any atom is -0.754 e. The molecule has 1 heterocycles. The van der Waals surface area contributed by atoms with Crippen LogP contribution in [0.1, 0.15) is 0 Å². The van der Waals surface area contributed by atoms with E-state index in [-0.39, 0.29) is 21.5 Å². The average molecular weight is 161 g/mol. The summed E-state index contributed by atoms with van der Waals surface area (Å²) in [6.45, 7) is 0. The number of hydrogen-bond donors (Lipinski definition) is 2. The molecular weight excluding hydrogens is 156 g/mol. The zero-order chi connectivity index (χ0) is 7.72. The summed E-state index contributed by atoms with van der Waals surface area (Å²) in [6.07, 6.45) is 1.22. The number of hydrogen-bond acceptors (Lipinski definition) is 4. The lowest BCUT2D eigenvalue weighted by Gasteiger charge is -2.08. The summed E-state index contributed by atoms with van der Waals surface area (Å²) in [5, 5.41) is 10.8. The Morgan fingerprint density at radius 1 is 1.60 bits per heavy atom. The summed E-state index contributed by atoms with van der Waals surface area (Å²) in [4.78, 5) is 3.46. The molecular formula is C4H5ClN4O. The average Bonchev–Trinajstić information content (AvgIpc) is 1.93. The van der Waals surface area contributed by atoms with E-state index in [1.165, 1.54) is 6.20 Å². The van der Waals surface area contributed by atoms with Gasteiger partial charge in [-0.2, -0.15) is 0 Å². The van der Waals surface area contributed by atoms with Gasteiger partial charge >= 0.3 is 5.95 Å². The second kappa shape index (κ2) is 2.18. The van der Waals surface area contributed by atoms with Crippen LogP contribution in [0.15, 0.2) is 6.20 Å². The number of halogens is 1. The first-order chi connectivity index (χ1) is 4.63. The molecule has 0 saturated carbocycles. The highest BCUT2D eigenvalue weighted by Crippen LogP contribution is 2.11. The third kappa shape index (κ3) is 0.906. The molecule has 4 N–H and O–H groups in total. The Balaban J connectivity index is 3.34. The Kier molecular flexibility index (Phi) is 1.50. The van der Waals surface area contributed by atoms with Crippen LogP contribution >= 0.6 is 11.6 Å². The predicted molar refractivity (Wildman–Crippen MR) is 37.0 cm³/mol. The summed E-state index contributed by atoms with van der Waals surface area (Å²) < 4.78 is 0.266. The van der Waals surface area contributed by atoms with Crippen molar-refractivity contribution >= 4 is 23.4 Å². The maximum atomic E-state index is 10.7. The molecule has 54 valence electrons. The van der Waals surface area contributed by atoms with Crippen LogP contribution in [0.3, 0.4) is 0 Å². The second-order valence-corrected chi connectivity index (χ2v) is 2.05. The Hall–Kier alpha value is -1.23. The third-order valence-electron chi connectivity index (χ3n) is 0.982. The van der Waals surface area contributed by atoms with Crippen LogP contribution in [-0.2, 0) is 0 Å². The SMILES string of the molecule is Nc1ncc(Cl)c(N)[n+]1[O-]. The van der Waals surface area contributed by atoms with E-state index < -0.39 is 0 Å². The molecule has 0 aliphatic carbocycles. The van der Waals surface area contributed by atoms with Gasteiger partial charge in [0.15, 0.2) is 0 Å². The van der Waals surface area contributed by atoms with Gasteiger partial charge in [0.1, 0.15) is 11.2 Å². The fourth-order valence-corrected chi connectivity index (χ4v) is 0.587. The van der Waals surface area contributed by atoms with Gasteiger partial charge in [-0.15, -0.1) is 4.98 Å². The van der Waals surface area contributed by atoms with Gasteiger partial charge in [0.05, 0.1) is 0 Å². The standard InChI is InChI=1S/C4H5ClN4O/c5-2-1-8-4(7)9(10)3(2)6/h1H,6H2,(H2,7,8). The summed E-state index contributed by atoms with van der Waals surface area (Å²) in [5.41, 5.74) is 10.3. The van der Waals surface area contributed by atoms with Crippen LogP contribution < -0.4 is 16.2 Å². The minimum absolute atomic E-state index is 0.101. The molecule has 5 nitrogen and oxygen atoms in total. The van der Waals surface area contributed by atoms with Gasteiger partial charge in [-0.3, -0.25) is 0 Å². The molecule has 1 aromatic rings. The molecule has 1 rings (SSSR count). The number of rotatable bonds is 0. The smallest absolute Gasteiger partial charge is 0.344 e. The van der Waals surface area contributed by atoms with Gasteiger partial charge in [-0.25, -0.2) is 4.73 Å². The number of anilines is 2. The van der Waals surface area contributed by atoms with E-state index in [2.05, 4.69) is 4.98 Å². The monoisotopic (exact) mass is 160 g/mol. The highest BCUT2D eigenvalue weighted by Gasteiger charge is 2.05. The van der Waals surface area contributed by atoms with Crippen molar-refractivity contribution in [1.82, 2.24) is 4.98 Å². The highest BCUT2D eigenvalue weighted by atomic mass is 35.5. The van der Waals surface area contributed by atoms with Crippen molar-refractivity contribution in [2.24, 2.45) is 0 Å². The third-order valence-corrected chi connectivity index (χ3v) is 1.27. The van der Waals surface area contributed by atoms with Gasteiger partial charge in [0, 0.05) is 0 Å². The minimum atomic E-state index is -0.207. The number of aromatic nitrogens is 2. The molecule has 10 heavy (non-hydrogen) atoms. The van der Waals surface area contributed by atoms with Gasteiger partial charge in [0.25, 0.3) is 0 Å². The van der Waals surface area contributed by atoms with Crippen LogP contribution in [0.5, 0.6) is 0 Å². The normalized spacial score (nSPS) is 9.70. The van der Waals surface area contributed by atoms with E-state index in [4.69, 9.17) is 23.1 Å². The van der Waals surface area contributed by atoms with Gasteiger partial charge in [-0.05, 0) is 0 Å². The maximum Gasteiger partial charge on any atom is 0.344 e. The Morgan fingerprint density at radius 2 is 2.20 bits per heavy atom. The molecule has 0 fully saturated rings. The molecule has 0 saturated heterocycles. The summed E-state index contributed by atoms with van der Waals surface area (Å²) in [5.74, 6) is -0.337. The van der Waals surface area contributed by atoms with Crippen LogP contribution in [0, 0.1) is 5.21 Å². The van der Waals surface area contributed by atoms with Crippen molar-refractivity contribution in [2.75, 3.05) is 11.5 Å². The zero-order valence-electron chi connectivity index (χ0n) is 4.91. The molecule has 0 aliphatic heterocycles. The maximum absolute atomic E-state index is 10.7. The van der Waals surface area contributed by atoms with E-state index in [1.54, 1.807) is 0 Å². The molecule has 0 unspecified atom stereocenters. The summed E-state index contributed by atoms with van der Waals surface area (Å²) in [7, 11) is 0. The molecule has 0 aromatic carbocycles. The Labute approximate surface area is 61.8 Å². The summed E-state index contributed by atoms with van der Waals surface area (Å²) in [6, 6.07) is 0. The first-order valence-corrected chi connectivity index (χ1v) is 2.79. The topological polar surface area (TPSA) is 91.9 Å². The lowest BCUT2D eigenvalue weighted by Crippen LogP contribution is -2.35. The van der Waals surface area contributed by atoms with Crippen LogP contribution in [0.4, 0.5) is 11.8 Å². The lowest BCUT2D eigenvalue weighted by atomic mass is 10.6. The highest BCUT2D eigenvalue weighted by molar-refractivity contribution is 6.32. The molecule has 0 atom stereocenters. The second-order valence-electron chi connectivity index (χ2n) is 1.64. The lowest BCUT2D eigenvalue weighted by molar-refractivity contribution is -0.577. The number of nitrogens with zero attached hydrogens (tertiary/aromatic N) is 2. The fraction of sp³-hybridized carbons (Fsp3) is 0. The van der Waals surface area contributed by atoms with Gasteiger partial charge in [0.2, 0.25) is 5.82 Å². The van der Waals surface area contributed by atoms with Crippen LogP contribution in [0.2, 0.25) is 5.02 Å². The number of nitrogens with two attached hydrogens (primary N) is 2. The van der Waals surface area contributed by atoms with E-state index in [9.17, 15) is 5.21 Å². The fourth-order valence-electron chi connectivity index (χ4n) is 0.462. The molecule has 0 amide bonds. The molecule has 0 aliphatic rings. The predicted octanol–water partition coefficient (Wildman–Crippen LogP) is -0.467. The van der Waals surface area contributed by atoms with Crippen molar-refractivity contribution in [3.8, 4) is 0 Å². The van der Waals surface area contributed by atoms with Crippen molar-refractivity contribution in [2.45, 2.75) is 0 Å². The largest absolute Gasteiger partial charge is 0.754 e. The molecule has 0 bridgehead atoms.